The molecule has 0 N–H and O–H groups in total. The van der Waals surface area contributed by atoms with Gasteiger partial charge in [0.1, 0.15) is 5.82 Å². The lowest BCUT2D eigenvalue weighted by molar-refractivity contribution is -0.138. The van der Waals surface area contributed by atoms with Crippen molar-refractivity contribution in [2.45, 2.75) is 13.1 Å². The Kier molecular flexibility index (Phi) is 9.38. The molecule has 1 aliphatic heterocycles. The van der Waals surface area contributed by atoms with Crippen LogP contribution in [0.25, 0.3) is 11.1 Å². The van der Waals surface area contributed by atoms with Gasteiger partial charge in [-0.05, 0) is 48.4 Å². The molecule has 1 aliphatic rings. The van der Waals surface area contributed by atoms with Crippen molar-refractivity contribution < 1.29 is 27.2 Å². The fourth-order valence-electron chi connectivity index (χ4n) is 4.41. The molecule has 0 saturated carbocycles. The number of benzene rings is 3. The van der Waals surface area contributed by atoms with Crippen LogP contribution in [0, 0.1) is 5.82 Å². The summed E-state index contributed by atoms with van der Waals surface area (Å²) in [6.07, 6.45) is -4.78. The van der Waals surface area contributed by atoms with Crippen molar-refractivity contribution in [2.24, 2.45) is 0 Å². The van der Waals surface area contributed by atoms with E-state index < -0.39 is 29.0 Å². The monoisotopic (exact) mass is 549 g/mol. The molecule has 5 nitrogen and oxygen atoms in total. The lowest BCUT2D eigenvalue weighted by Crippen LogP contribution is -2.52. The summed E-state index contributed by atoms with van der Waals surface area (Å²) in [5, 5.41) is 0. The topological polar surface area (TPSA) is 43.9 Å². The average molecular weight is 550 g/mol. The van der Waals surface area contributed by atoms with Gasteiger partial charge in [-0.15, -0.1) is 12.4 Å². The Labute approximate surface area is 225 Å². The lowest BCUT2D eigenvalue weighted by Gasteiger charge is -2.36. The SMILES string of the molecule is CCN(CC(=O)N1CCN(C(=O)c2cc(F)ccc2C(F)(F)F)CC1)c1ccc(-c2ccccc2)cc1.Cl. The number of likely N-dealkylation sites (N-methyl/N-ethyl adjacent to an activating group) is 1. The van der Waals surface area contributed by atoms with Crippen molar-refractivity contribution in [1.29, 1.82) is 0 Å². The van der Waals surface area contributed by atoms with E-state index in [-0.39, 0.29) is 51.0 Å². The first-order chi connectivity index (χ1) is 17.7. The van der Waals surface area contributed by atoms with Crippen LogP contribution in [0.5, 0.6) is 0 Å². The summed E-state index contributed by atoms with van der Waals surface area (Å²) in [7, 11) is 0. The van der Waals surface area contributed by atoms with Crippen LogP contribution in [-0.2, 0) is 11.0 Å². The van der Waals surface area contributed by atoms with Crippen molar-refractivity contribution in [3.8, 4) is 11.1 Å². The van der Waals surface area contributed by atoms with E-state index in [2.05, 4.69) is 0 Å². The standard InChI is InChI=1S/C28H27F4N3O2.ClH/c1-2-33(23-11-8-21(9-12-23)20-6-4-3-5-7-20)19-26(36)34-14-16-35(17-15-34)27(37)24-18-22(29)10-13-25(24)28(30,31)32;/h3-13,18H,2,14-17,19H2,1H3;1H. The number of amides is 2. The summed E-state index contributed by atoms with van der Waals surface area (Å²) >= 11 is 0. The van der Waals surface area contributed by atoms with Crippen molar-refractivity contribution in [3.63, 3.8) is 0 Å². The van der Waals surface area contributed by atoms with Gasteiger partial charge in [0.15, 0.2) is 0 Å². The largest absolute Gasteiger partial charge is 0.417 e. The Morgan fingerprint density at radius 1 is 0.842 bits per heavy atom. The highest BCUT2D eigenvalue weighted by molar-refractivity contribution is 5.96. The highest BCUT2D eigenvalue weighted by Gasteiger charge is 2.37. The van der Waals surface area contributed by atoms with Crippen LogP contribution < -0.4 is 4.90 Å². The molecule has 0 atom stereocenters. The molecule has 1 heterocycles. The predicted molar refractivity (Wildman–Crippen MR) is 141 cm³/mol. The van der Waals surface area contributed by atoms with E-state index in [0.29, 0.717) is 24.7 Å². The third-order valence-corrected chi connectivity index (χ3v) is 6.48. The molecule has 4 rings (SSSR count). The number of hydrogen-bond donors (Lipinski definition) is 0. The molecular formula is C28H28ClF4N3O2. The number of hydrogen-bond acceptors (Lipinski definition) is 3. The van der Waals surface area contributed by atoms with E-state index in [1.807, 2.05) is 66.4 Å². The Morgan fingerprint density at radius 3 is 2.00 bits per heavy atom. The zero-order valence-electron chi connectivity index (χ0n) is 20.7. The third-order valence-electron chi connectivity index (χ3n) is 6.48. The number of rotatable bonds is 6. The Morgan fingerprint density at radius 2 is 1.42 bits per heavy atom. The molecule has 0 aromatic heterocycles. The van der Waals surface area contributed by atoms with E-state index >= 15 is 0 Å². The number of carbonyl (C=O) groups excluding carboxylic acids is 2. The number of nitrogens with zero attached hydrogens (tertiary/aromatic N) is 3. The molecular weight excluding hydrogens is 522 g/mol. The summed E-state index contributed by atoms with van der Waals surface area (Å²) < 4.78 is 53.6. The van der Waals surface area contributed by atoms with Crippen LogP contribution in [0.1, 0.15) is 22.8 Å². The van der Waals surface area contributed by atoms with Crippen molar-refractivity contribution in [3.05, 3.63) is 89.7 Å². The summed E-state index contributed by atoms with van der Waals surface area (Å²) in [4.78, 5) is 30.5. The van der Waals surface area contributed by atoms with Crippen LogP contribution in [-0.4, -0.2) is 60.9 Å². The molecule has 0 aliphatic carbocycles. The van der Waals surface area contributed by atoms with Gasteiger partial charge in [-0.2, -0.15) is 13.2 Å². The fraction of sp³-hybridized carbons (Fsp3) is 0.286. The van der Waals surface area contributed by atoms with Gasteiger partial charge in [-0.1, -0.05) is 42.5 Å². The van der Waals surface area contributed by atoms with Crippen LogP contribution >= 0.6 is 12.4 Å². The smallest absolute Gasteiger partial charge is 0.362 e. The molecule has 0 radical (unpaired) electrons. The minimum atomic E-state index is -4.78. The van der Waals surface area contributed by atoms with Gasteiger partial charge in [0.25, 0.3) is 5.91 Å². The molecule has 2 amide bonds. The Balaban J connectivity index is 0.00000400. The van der Waals surface area contributed by atoms with Crippen LogP contribution in [0.4, 0.5) is 23.2 Å². The zero-order chi connectivity index (χ0) is 26.6. The van der Waals surface area contributed by atoms with E-state index in [1.54, 1.807) is 4.90 Å². The maximum absolute atomic E-state index is 13.6. The van der Waals surface area contributed by atoms with Crippen molar-refractivity contribution in [1.82, 2.24) is 9.80 Å². The third kappa shape index (κ3) is 6.64. The number of alkyl halides is 3. The number of halogens is 5. The summed E-state index contributed by atoms with van der Waals surface area (Å²) in [5.41, 5.74) is 1.17. The molecule has 202 valence electrons. The van der Waals surface area contributed by atoms with Gasteiger partial charge >= 0.3 is 6.18 Å². The van der Waals surface area contributed by atoms with E-state index in [9.17, 15) is 27.2 Å². The second-order valence-electron chi connectivity index (χ2n) is 8.79. The number of anilines is 1. The normalized spacial score (nSPS) is 13.6. The molecule has 38 heavy (non-hydrogen) atoms. The second kappa shape index (κ2) is 12.3. The van der Waals surface area contributed by atoms with E-state index in [4.69, 9.17) is 0 Å². The van der Waals surface area contributed by atoms with E-state index in [1.165, 1.54) is 4.90 Å². The van der Waals surface area contributed by atoms with Crippen molar-refractivity contribution in [2.75, 3.05) is 44.2 Å². The molecule has 1 fully saturated rings. The van der Waals surface area contributed by atoms with Crippen molar-refractivity contribution >= 4 is 29.9 Å². The van der Waals surface area contributed by atoms with Gasteiger partial charge < -0.3 is 14.7 Å². The minimum Gasteiger partial charge on any atom is -0.362 e. The van der Waals surface area contributed by atoms with Crippen LogP contribution in [0.15, 0.2) is 72.8 Å². The highest BCUT2D eigenvalue weighted by atomic mass is 35.5. The second-order valence-corrected chi connectivity index (χ2v) is 8.79. The first-order valence-corrected chi connectivity index (χ1v) is 12.0. The first-order valence-electron chi connectivity index (χ1n) is 12.0. The molecule has 1 saturated heterocycles. The van der Waals surface area contributed by atoms with Gasteiger partial charge in [-0.25, -0.2) is 4.39 Å². The molecule has 10 heteroatoms. The Hall–Kier alpha value is -3.59. The van der Waals surface area contributed by atoms with Crippen LogP contribution in [0.3, 0.4) is 0 Å². The zero-order valence-corrected chi connectivity index (χ0v) is 21.6. The minimum absolute atomic E-state index is 0. The lowest BCUT2D eigenvalue weighted by atomic mass is 10.0. The van der Waals surface area contributed by atoms with Gasteiger partial charge in [0, 0.05) is 38.4 Å². The number of piperazine rings is 1. The van der Waals surface area contributed by atoms with Gasteiger partial charge in [-0.3, -0.25) is 9.59 Å². The van der Waals surface area contributed by atoms with E-state index in [0.717, 1.165) is 16.8 Å². The quantitative estimate of drug-likeness (QED) is 0.368. The Bertz CT molecular complexity index is 1250. The van der Waals surface area contributed by atoms with Gasteiger partial charge in [0.05, 0.1) is 17.7 Å². The molecule has 0 unspecified atom stereocenters. The molecule has 0 spiro atoms. The average Bonchev–Trinajstić information content (AvgIpc) is 2.91. The molecule has 0 bridgehead atoms. The van der Waals surface area contributed by atoms with Crippen LogP contribution in [0.2, 0.25) is 0 Å². The summed E-state index contributed by atoms with van der Waals surface area (Å²) in [6, 6.07) is 19.8. The maximum Gasteiger partial charge on any atom is 0.417 e. The highest BCUT2D eigenvalue weighted by Crippen LogP contribution is 2.33. The molecule has 3 aromatic carbocycles. The van der Waals surface area contributed by atoms with Gasteiger partial charge in [0.2, 0.25) is 5.91 Å². The fourth-order valence-corrected chi connectivity index (χ4v) is 4.41. The molecule has 3 aromatic rings. The predicted octanol–water partition coefficient (Wildman–Crippen LogP) is 5.74. The maximum atomic E-state index is 13.6. The summed E-state index contributed by atoms with van der Waals surface area (Å²) in [5.74, 6) is -1.95. The first kappa shape index (κ1) is 29.0. The number of carbonyl (C=O) groups is 2. The summed E-state index contributed by atoms with van der Waals surface area (Å²) in [6.45, 7) is 3.20.